The van der Waals surface area contributed by atoms with Crippen molar-refractivity contribution in [1.29, 1.82) is 0 Å². The zero-order valence-corrected chi connectivity index (χ0v) is 11.6. The van der Waals surface area contributed by atoms with E-state index in [0.717, 1.165) is 12.5 Å². The first-order chi connectivity index (χ1) is 8.09. The number of aliphatic hydroxyl groups excluding tert-OH is 1. The molecular weight excluding hydrogens is 278 g/mol. The van der Waals surface area contributed by atoms with Crippen LogP contribution in [0.2, 0.25) is 0 Å². The second kappa shape index (κ2) is 4.96. The predicted molar refractivity (Wildman–Crippen MR) is 66.7 cm³/mol. The summed E-state index contributed by atoms with van der Waals surface area (Å²) in [5.74, 6) is 0. The normalized spacial score (nSPS) is 14.4. The maximum atomic E-state index is 11.7. The van der Waals surface area contributed by atoms with Crippen molar-refractivity contribution in [1.82, 2.24) is 0 Å². The number of nitrogens with two attached hydrogens (primary N) is 1. The molecule has 1 unspecified atom stereocenters. The molecule has 18 heavy (non-hydrogen) atoms. The van der Waals surface area contributed by atoms with E-state index in [0.29, 0.717) is 0 Å². The van der Waals surface area contributed by atoms with Gasteiger partial charge in [-0.25, -0.2) is 16.8 Å². The third-order valence-corrected chi connectivity index (χ3v) is 4.83. The van der Waals surface area contributed by atoms with Crippen LogP contribution < -0.4 is 5.73 Å². The summed E-state index contributed by atoms with van der Waals surface area (Å²) < 4.78 is 46.6. The molecule has 0 radical (unpaired) electrons. The van der Waals surface area contributed by atoms with Gasteiger partial charge in [-0.1, -0.05) is 12.1 Å². The highest BCUT2D eigenvalue weighted by Gasteiger charge is 2.26. The van der Waals surface area contributed by atoms with Crippen LogP contribution in [-0.4, -0.2) is 41.0 Å². The molecule has 3 N–H and O–H groups in total. The highest BCUT2D eigenvalue weighted by atomic mass is 32.2. The minimum absolute atomic E-state index is 0.00271. The third-order valence-electron chi connectivity index (χ3n) is 2.36. The van der Waals surface area contributed by atoms with E-state index in [1.165, 1.54) is 18.2 Å². The minimum atomic E-state index is -3.80. The van der Waals surface area contributed by atoms with Crippen molar-refractivity contribution >= 4 is 19.7 Å². The van der Waals surface area contributed by atoms with Crippen LogP contribution >= 0.6 is 0 Å². The molecule has 1 aromatic rings. The van der Waals surface area contributed by atoms with Crippen LogP contribution in [0.5, 0.6) is 0 Å². The predicted octanol–water partition coefficient (Wildman–Crippen LogP) is -0.514. The van der Waals surface area contributed by atoms with E-state index in [1.807, 2.05) is 0 Å². The number of hydrogen-bond acceptors (Lipinski definition) is 6. The van der Waals surface area contributed by atoms with Gasteiger partial charge in [0.2, 0.25) is 0 Å². The molecule has 0 aromatic heterocycles. The van der Waals surface area contributed by atoms with Crippen LogP contribution in [0.15, 0.2) is 28.0 Å². The molecule has 0 spiro atoms. The summed E-state index contributed by atoms with van der Waals surface area (Å²) >= 11 is 0. The van der Waals surface area contributed by atoms with E-state index < -0.39 is 25.8 Å². The minimum Gasteiger partial charge on any atom is -0.387 e. The van der Waals surface area contributed by atoms with E-state index in [-0.39, 0.29) is 21.9 Å². The average Bonchev–Trinajstić information content (AvgIpc) is 2.24. The molecular formula is C10H15NO5S2. The number of sulfone groups is 2. The lowest BCUT2D eigenvalue weighted by Gasteiger charge is -2.15. The van der Waals surface area contributed by atoms with Gasteiger partial charge in [-0.3, -0.25) is 0 Å². The van der Waals surface area contributed by atoms with E-state index in [9.17, 15) is 21.9 Å². The highest BCUT2D eigenvalue weighted by Crippen LogP contribution is 2.28. The molecule has 0 saturated carbocycles. The molecule has 102 valence electrons. The fourth-order valence-electron chi connectivity index (χ4n) is 1.61. The lowest BCUT2D eigenvalue weighted by molar-refractivity contribution is 0.183. The quantitative estimate of drug-likeness (QED) is 0.772. The van der Waals surface area contributed by atoms with E-state index >= 15 is 0 Å². The summed E-state index contributed by atoms with van der Waals surface area (Å²) in [7, 11) is -7.51. The molecule has 0 aliphatic rings. The van der Waals surface area contributed by atoms with Crippen LogP contribution in [0.3, 0.4) is 0 Å². The molecule has 0 aliphatic heterocycles. The van der Waals surface area contributed by atoms with Crippen LogP contribution in [0.25, 0.3) is 0 Å². The van der Waals surface area contributed by atoms with Gasteiger partial charge < -0.3 is 10.8 Å². The Bertz CT molecular complexity index is 649. The van der Waals surface area contributed by atoms with Crippen molar-refractivity contribution in [3.8, 4) is 0 Å². The number of hydrogen-bond donors (Lipinski definition) is 2. The lowest BCUT2D eigenvalue weighted by atomic mass is 10.1. The van der Waals surface area contributed by atoms with Gasteiger partial charge >= 0.3 is 0 Å². The first kappa shape index (κ1) is 15.1. The van der Waals surface area contributed by atoms with Gasteiger partial charge in [0.15, 0.2) is 19.7 Å². The molecule has 0 saturated heterocycles. The zero-order valence-electron chi connectivity index (χ0n) is 9.99. The van der Waals surface area contributed by atoms with E-state index in [1.54, 1.807) is 0 Å². The van der Waals surface area contributed by atoms with Gasteiger partial charge in [0.05, 0.1) is 15.9 Å². The molecule has 0 bridgehead atoms. The van der Waals surface area contributed by atoms with Crippen molar-refractivity contribution in [3.63, 3.8) is 0 Å². The highest BCUT2D eigenvalue weighted by molar-refractivity contribution is 7.93. The van der Waals surface area contributed by atoms with Crippen LogP contribution in [0.4, 0.5) is 0 Å². The second-order valence-corrected chi connectivity index (χ2v) is 7.91. The van der Waals surface area contributed by atoms with Gasteiger partial charge in [-0.05, 0) is 6.07 Å². The number of rotatable bonds is 4. The number of aliphatic hydroxyl groups is 1. The van der Waals surface area contributed by atoms with Crippen LogP contribution in [-0.2, 0) is 19.7 Å². The average molecular weight is 293 g/mol. The Balaban J connectivity index is 3.78. The van der Waals surface area contributed by atoms with Crippen LogP contribution in [0, 0.1) is 0 Å². The summed E-state index contributed by atoms with van der Waals surface area (Å²) in [4.78, 5) is -0.708. The Morgan fingerprint density at radius 2 is 1.72 bits per heavy atom. The van der Waals surface area contributed by atoms with Gasteiger partial charge in [0.25, 0.3) is 0 Å². The molecule has 1 rings (SSSR count). The van der Waals surface area contributed by atoms with Crippen LogP contribution in [0.1, 0.15) is 11.7 Å². The zero-order chi connectivity index (χ0) is 14.1. The van der Waals surface area contributed by atoms with Crippen molar-refractivity contribution in [2.75, 3.05) is 19.1 Å². The summed E-state index contributed by atoms with van der Waals surface area (Å²) in [6.07, 6.45) is 0.579. The monoisotopic (exact) mass is 293 g/mol. The van der Waals surface area contributed by atoms with Gasteiger partial charge in [-0.2, -0.15) is 0 Å². The SMILES string of the molecule is CS(=O)(=O)c1cccc(C(O)CN)c1S(C)(=O)=O. The molecule has 0 aliphatic carbocycles. The van der Waals surface area contributed by atoms with Crippen molar-refractivity contribution in [3.05, 3.63) is 23.8 Å². The smallest absolute Gasteiger partial charge is 0.177 e. The Morgan fingerprint density at radius 1 is 1.17 bits per heavy atom. The van der Waals surface area contributed by atoms with Gasteiger partial charge in [0.1, 0.15) is 0 Å². The molecule has 0 amide bonds. The van der Waals surface area contributed by atoms with Crippen molar-refractivity contribution in [2.24, 2.45) is 5.73 Å². The summed E-state index contributed by atoms with van der Waals surface area (Å²) in [6, 6.07) is 3.92. The van der Waals surface area contributed by atoms with Crippen molar-refractivity contribution < 1.29 is 21.9 Å². The van der Waals surface area contributed by atoms with E-state index in [4.69, 9.17) is 5.73 Å². The topological polar surface area (TPSA) is 115 Å². The maximum absolute atomic E-state index is 11.7. The number of benzene rings is 1. The third kappa shape index (κ3) is 3.08. The van der Waals surface area contributed by atoms with Gasteiger partial charge in [0, 0.05) is 24.6 Å². The summed E-state index contributed by atoms with van der Waals surface area (Å²) in [5, 5.41) is 9.68. The Morgan fingerprint density at radius 3 is 2.11 bits per heavy atom. The fourth-order valence-corrected chi connectivity index (χ4v) is 4.37. The maximum Gasteiger partial charge on any atom is 0.177 e. The first-order valence-corrected chi connectivity index (χ1v) is 8.78. The Labute approximate surface area is 106 Å². The molecule has 8 heteroatoms. The standard InChI is InChI=1S/C10H15NO5S2/c1-17(13,14)9-5-3-4-7(8(12)6-11)10(9)18(2,15)16/h3-5,8,12H,6,11H2,1-2H3. The fraction of sp³-hybridized carbons (Fsp3) is 0.400. The Kier molecular flexibility index (Phi) is 4.16. The summed E-state index contributed by atoms with van der Waals surface area (Å²) in [5.41, 5.74) is 5.28. The molecule has 1 aromatic carbocycles. The van der Waals surface area contributed by atoms with Crippen molar-refractivity contribution in [2.45, 2.75) is 15.9 Å². The molecule has 0 heterocycles. The van der Waals surface area contributed by atoms with E-state index in [2.05, 4.69) is 0 Å². The largest absolute Gasteiger partial charge is 0.387 e. The lowest BCUT2D eigenvalue weighted by Crippen LogP contribution is -2.17. The Hall–Kier alpha value is -0.960. The summed E-state index contributed by atoms with van der Waals surface area (Å²) in [6.45, 7) is -0.199. The van der Waals surface area contributed by atoms with Gasteiger partial charge in [-0.15, -0.1) is 0 Å². The second-order valence-electron chi connectivity index (χ2n) is 3.97. The first-order valence-electron chi connectivity index (χ1n) is 5.00. The molecule has 1 atom stereocenters. The molecule has 6 nitrogen and oxygen atoms in total. The molecule has 0 fully saturated rings.